The van der Waals surface area contributed by atoms with Crippen molar-refractivity contribution in [2.75, 3.05) is 13.8 Å². The minimum absolute atomic E-state index is 0. The Morgan fingerprint density at radius 2 is 2.27 bits per heavy atom. The van der Waals surface area contributed by atoms with E-state index in [1.165, 1.54) is 7.05 Å². The number of hydrogen-bond acceptors (Lipinski definition) is 5. The van der Waals surface area contributed by atoms with Gasteiger partial charge in [-0.2, -0.15) is 0 Å². The third-order valence-corrected chi connectivity index (χ3v) is 1.26. The topological polar surface area (TPSA) is 69.7 Å². The Kier molecular flexibility index (Phi) is 8.18. The van der Waals surface area contributed by atoms with Gasteiger partial charge in [-0.3, -0.25) is 8.98 Å². The number of carbonyl (C=O) groups excluding carboxylic acids is 1. The number of amides is 1. The van der Waals surface area contributed by atoms with Crippen LogP contribution in [0.25, 0.3) is 0 Å². The molecule has 0 aliphatic carbocycles. The van der Waals surface area contributed by atoms with Crippen LogP contribution in [0.15, 0.2) is 0 Å². The van der Waals surface area contributed by atoms with Crippen LogP contribution in [-0.4, -0.2) is 33.9 Å². The monoisotopic (exact) mass is 207 g/mol. The molecule has 0 N–H and O–H groups in total. The maximum absolute atomic E-state index is 10.1. The first-order valence-electron chi connectivity index (χ1n) is 2.21. The second-order valence-corrected chi connectivity index (χ2v) is 3.79. The molecule has 5 nitrogen and oxygen atoms in total. The molecule has 0 heterocycles. The Labute approximate surface area is 92.1 Å². The van der Waals surface area contributed by atoms with Gasteiger partial charge in [0.1, 0.15) is 6.73 Å². The van der Waals surface area contributed by atoms with Crippen LogP contribution in [0, 0.1) is 0 Å². The van der Waals surface area contributed by atoms with Crippen LogP contribution < -0.4 is 29.6 Å². The molecule has 0 aromatic carbocycles. The van der Waals surface area contributed by atoms with E-state index in [0.29, 0.717) is 6.41 Å². The van der Waals surface area contributed by atoms with Crippen molar-refractivity contribution < 1.29 is 47.3 Å². The van der Waals surface area contributed by atoms with Crippen molar-refractivity contribution in [2.24, 2.45) is 0 Å². The minimum Gasteiger partial charge on any atom is -0.748 e. The van der Waals surface area contributed by atoms with E-state index in [-0.39, 0.29) is 36.3 Å². The second-order valence-electron chi connectivity index (χ2n) is 1.52. The zero-order valence-electron chi connectivity index (χ0n) is 6.18. The summed E-state index contributed by atoms with van der Waals surface area (Å²) in [4.78, 5) is 10.8. The van der Waals surface area contributed by atoms with Crippen molar-refractivity contribution in [3.8, 4) is 0 Å². The van der Waals surface area contributed by atoms with E-state index < -0.39 is 9.05 Å². The average Bonchev–Trinajstić information content (AvgIpc) is 1.81. The van der Waals surface area contributed by atoms with Gasteiger partial charge in [0.2, 0.25) is 6.41 Å². The zero-order chi connectivity index (χ0) is 8.20. The molecule has 1 unspecified atom stereocenters. The van der Waals surface area contributed by atoms with E-state index in [4.69, 9.17) is 0 Å². The number of nitrogens with zero attached hydrogens (tertiary/aromatic N) is 1. The van der Waals surface area contributed by atoms with Crippen molar-refractivity contribution in [3.63, 3.8) is 0 Å². The normalized spacial score (nSPS) is 14.4. The Hall–Kier alpha value is 0.760. The standard InChI is InChI=1S/C3H7NO4S2.Na/c1-4(2-5)3-8-10(6,7)9;/h2H,3H2,1H3,(H,6,7,9);/q;+1/p-1. The summed E-state index contributed by atoms with van der Waals surface area (Å²) in [5, 5.41) is 0. The first-order valence-corrected chi connectivity index (χ1v) is 4.55. The van der Waals surface area contributed by atoms with Crippen LogP contribution in [0.4, 0.5) is 0 Å². The van der Waals surface area contributed by atoms with Crippen LogP contribution in [0.2, 0.25) is 0 Å². The largest absolute Gasteiger partial charge is 1.00 e. The van der Waals surface area contributed by atoms with Crippen LogP contribution in [-0.2, 0) is 29.2 Å². The molecule has 0 aromatic rings. The first-order chi connectivity index (χ1) is 4.45. The Morgan fingerprint density at radius 1 is 1.82 bits per heavy atom. The SMILES string of the molecule is CN(C=O)COS(=O)([O-])=S.[Na+]. The van der Waals surface area contributed by atoms with Crippen LogP contribution in [0.1, 0.15) is 0 Å². The quantitative estimate of drug-likeness (QED) is 0.266. The summed E-state index contributed by atoms with van der Waals surface area (Å²) in [6, 6.07) is 0. The van der Waals surface area contributed by atoms with Gasteiger partial charge < -0.3 is 9.45 Å². The van der Waals surface area contributed by atoms with E-state index in [1.807, 2.05) is 0 Å². The molecular weight excluding hydrogens is 201 g/mol. The zero-order valence-corrected chi connectivity index (χ0v) is 9.81. The number of rotatable bonds is 4. The number of carbonyl (C=O) groups is 1. The third kappa shape index (κ3) is 10.8. The van der Waals surface area contributed by atoms with E-state index >= 15 is 0 Å². The maximum atomic E-state index is 10.1. The van der Waals surface area contributed by atoms with Gasteiger partial charge in [-0.05, 0) is 11.2 Å². The van der Waals surface area contributed by atoms with Crippen LogP contribution in [0.5, 0.6) is 0 Å². The van der Waals surface area contributed by atoms with Crippen molar-refractivity contribution in [1.29, 1.82) is 0 Å². The molecule has 0 rings (SSSR count). The van der Waals surface area contributed by atoms with Gasteiger partial charge in [-0.1, -0.05) is 0 Å². The molecular formula is C3H6NNaO4S2. The average molecular weight is 207 g/mol. The molecule has 0 spiro atoms. The van der Waals surface area contributed by atoms with Gasteiger partial charge in [-0.25, -0.2) is 4.21 Å². The second kappa shape index (κ2) is 6.30. The summed E-state index contributed by atoms with van der Waals surface area (Å²) in [6.45, 7) is -0.338. The molecule has 0 aromatic heterocycles. The molecule has 11 heavy (non-hydrogen) atoms. The molecule has 0 fully saturated rings. The third-order valence-electron chi connectivity index (χ3n) is 0.581. The van der Waals surface area contributed by atoms with Crippen molar-refractivity contribution in [2.45, 2.75) is 0 Å². The van der Waals surface area contributed by atoms with Crippen molar-refractivity contribution in [3.05, 3.63) is 0 Å². The molecule has 8 heteroatoms. The fourth-order valence-corrected chi connectivity index (χ4v) is 0.603. The summed E-state index contributed by atoms with van der Waals surface area (Å²) < 4.78 is 24.3. The van der Waals surface area contributed by atoms with Gasteiger partial charge in [0.05, 0.1) is 9.05 Å². The molecule has 1 atom stereocenters. The molecule has 0 saturated heterocycles. The summed E-state index contributed by atoms with van der Waals surface area (Å²) >= 11 is 3.86. The van der Waals surface area contributed by atoms with Gasteiger partial charge >= 0.3 is 29.6 Å². The van der Waals surface area contributed by atoms with Gasteiger partial charge in [-0.15, -0.1) is 0 Å². The smallest absolute Gasteiger partial charge is 0.748 e. The van der Waals surface area contributed by atoms with E-state index in [9.17, 15) is 13.6 Å². The van der Waals surface area contributed by atoms with Crippen molar-refractivity contribution in [1.82, 2.24) is 4.90 Å². The summed E-state index contributed by atoms with van der Waals surface area (Å²) in [7, 11) is -2.48. The fourth-order valence-electron chi connectivity index (χ4n) is 0.178. The summed E-state index contributed by atoms with van der Waals surface area (Å²) in [5.74, 6) is 0. The number of hydrogen-bond donors (Lipinski definition) is 0. The van der Waals surface area contributed by atoms with Gasteiger partial charge in [0.15, 0.2) is 0 Å². The van der Waals surface area contributed by atoms with Gasteiger partial charge in [0.25, 0.3) is 0 Å². The first kappa shape index (κ1) is 14.3. The molecule has 0 aliphatic heterocycles. The Balaban J connectivity index is 0. The summed E-state index contributed by atoms with van der Waals surface area (Å²) in [5.41, 5.74) is 0. The van der Waals surface area contributed by atoms with E-state index in [2.05, 4.69) is 15.4 Å². The fraction of sp³-hybridized carbons (Fsp3) is 0.667. The van der Waals surface area contributed by atoms with E-state index in [0.717, 1.165) is 4.90 Å². The summed E-state index contributed by atoms with van der Waals surface area (Å²) in [6.07, 6.45) is 0.431. The molecule has 1 amide bonds. The molecule has 0 radical (unpaired) electrons. The maximum Gasteiger partial charge on any atom is 1.00 e. The van der Waals surface area contributed by atoms with Gasteiger partial charge in [0, 0.05) is 7.05 Å². The minimum atomic E-state index is -3.85. The Morgan fingerprint density at radius 3 is 2.55 bits per heavy atom. The predicted octanol–water partition coefficient (Wildman–Crippen LogP) is -4.16. The molecule has 0 bridgehead atoms. The molecule has 60 valence electrons. The molecule has 0 saturated carbocycles. The van der Waals surface area contributed by atoms with Crippen LogP contribution >= 0.6 is 0 Å². The predicted molar refractivity (Wildman–Crippen MR) is 36.1 cm³/mol. The molecule has 0 aliphatic rings. The van der Waals surface area contributed by atoms with Crippen LogP contribution in [0.3, 0.4) is 0 Å². The Bertz CT molecular complexity index is 203. The van der Waals surface area contributed by atoms with E-state index in [1.54, 1.807) is 0 Å². The van der Waals surface area contributed by atoms with Crippen molar-refractivity contribution >= 4 is 26.7 Å².